The SMILES string of the molecule is COc1c(OC(=O)c2ccccc2)c2c(O)cccc2oc1=O. The summed E-state index contributed by atoms with van der Waals surface area (Å²) in [5, 5.41) is 10.1. The second kappa shape index (κ2) is 5.84. The summed E-state index contributed by atoms with van der Waals surface area (Å²) >= 11 is 0. The summed E-state index contributed by atoms with van der Waals surface area (Å²) in [7, 11) is 1.25. The van der Waals surface area contributed by atoms with Crippen molar-refractivity contribution in [2.24, 2.45) is 0 Å². The molecule has 0 saturated heterocycles. The molecule has 23 heavy (non-hydrogen) atoms. The number of methoxy groups -OCH3 is 1. The van der Waals surface area contributed by atoms with Crippen LogP contribution in [0.25, 0.3) is 11.0 Å². The molecule has 3 rings (SSSR count). The van der Waals surface area contributed by atoms with E-state index in [1.807, 2.05) is 0 Å². The number of aromatic hydroxyl groups is 1. The minimum absolute atomic E-state index is 0.0895. The van der Waals surface area contributed by atoms with Gasteiger partial charge in [-0.1, -0.05) is 24.3 Å². The minimum atomic E-state index is -0.804. The topological polar surface area (TPSA) is 86.0 Å². The van der Waals surface area contributed by atoms with Crippen LogP contribution in [0, 0.1) is 0 Å². The second-order valence-corrected chi connectivity index (χ2v) is 4.66. The number of hydrogen-bond acceptors (Lipinski definition) is 6. The lowest BCUT2D eigenvalue weighted by Crippen LogP contribution is -2.13. The maximum Gasteiger partial charge on any atom is 0.383 e. The van der Waals surface area contributed by atoms with E-state index in [-0.39, 0.29) is 28.2 Å². The summed E-state index contributed by atoms with van der Waals surface area (Å²) in [6.07, 6.45) is 0. The summed E-state index contributed by atoms with van der Waals surface area (Å²) in [6, 6.07) is 12.7. The van der Waals surface area contributed by atoms with Crippen molar-refractivity contribution in [1.82, 2.24) is 0 Å². The number of phenols is 1. The minimum Gasteiger partial charge on any atom is -0.507 e. The average Bonchev–Trinajstić information content (AvgIpc) is 2.55. The Morgan fingerprint density at radius 3 is 2.48 bits per heavy atom. The van der Waals surface area contributed by atoms with Crippen LogP contribution in [0.1, 0.15) is 10.4 Å². The number of esters is 1. The lowest BCUT2D eigenvalue weighted by Gasteiger charge is -2.11. The van der Waals surface area contributed by atoms with Crippen LogP contribution in [0.15, 0.2) is 57.7 Å². The summed E-state index contributed by atoms with van der Waals surface area (Å²) in [5.41, 5.74) is -0.417. The molecule has 6 nitrogen and oxygen atoms in total. The van der Waals surface area contributed by atoms with Crippen molar-refractivity contribution in [1.29, 1.82) is 0 Å². The van der Waals surface area contributed by atoms with Crippen LogP contribution in [-0.4, -0.2) is 18.2 Å². The van der Waals surface area contributed by atoms with Gasteiger partial charge in [-0.25, -0.2) is 9.59 Å². The van der Waals surface area contributed by atoms with Crippen molar-refractivity contribution in [3.8, 4) is 17.2 Å². The van der Waals surface area contributed by atoms with E-state index in [1.54, 1.807) is 30.3 Å². The normalized spacial score (nSPS) is 10.5. The van der Waals surface area contributed by atoms with Crippen LogP contribution in [0.2, 0.25) is 0 Å². The molecule has 1 aromatic heterocycles. The van der Waals surface area contributed by atoms with Crippen LogP contribution in [0.4, 0.5) is 0 Å². The van der Waals surface area contributed by atoms with Crippen LogP contribution < -0.4 is 15.1 Å². The Kier molecular flexibility index (Phi) is 3.72. The first-order chi connectivity index (χ1) is 11.1. The van der Waals surface area contributed by atoms with Gasteiger partial charge in [0, 0.05) is 0 Å². The Bertz CT molecular complexity index is 927. The lowest BCUT2D eigenvalue weighted by atomic mass is 10.2. The Hall–Kier alpha value is -3.28. The first-order valence-electron chi connectivity index (χ1n) is 6.72. The molecule has 0 aliphatic rings. The zero-order valence-electron chi connectivity index (χ0n) is 12.1. The monoisotopic (exact) mass is 312 g/mol. The summed E-state index contributed by atoms with van der Waals surface area (Å²) in [6.45, 7) is 0. The third-order valence-electron chi connectivity index (χ3n) is 3.23. The molecule has 116 valence electrons. The number of carbonyl (C=O) groups is 1. The maximum atomic E-state index is 12.3. The summed E-state index contributed by atoms with van der Waals surface area (Å²) in [5.74, 6) is -1.34. The molecule has 1 heterocycles. The summed E-state index contributed by atoms with van der Waals surface area (Å²) < 4.78 is 15.4. The number of fused-ring (bicyclic) bond motifs is 1. The summed E-state index contributed by atoms with van der Waals surface area (Å²) in [4.78, 5) is 24.2. The molecule has 2 aromatic carbocycles. The molecule has 0 fully saturated rings. The zero-order chi connectivity index (χ0) is 16.4. The number of ether oxygens (including phenoxy) is 2. The highest BCUT2D eigenvalue weighted by Crippen LogP contribution is 2.38. The van der Waals surface area contributed by atoms with E-state index in [4.69, 9.17) is 13.9 Å². The maximum absolute atomic E-state index is 12.3. The molecule has 1 N–H and O–H groups in total. The van der Waals surface area contributed by atoms with E-state index < -0.39 is 11.6 Å². The predicted octanol–water partition coefficient (Wildman–Crippen LogP) is 2.73. The van der Waals surface area contributed by atoms with Crippen molar-refractivity contribution < 1.29 is 23.8 Å². The quantitative estimate of drug-likeness (QED) is 0.591. The van der Waals surface area contributed by atoms with Crippen molar-refractivity contribution in [2.75, 3.05) is 7.11 Å². The van der Waals surface area contributed by atoms with Crippen molar-refractivity contribution in [2.45, 2.75) is 0 Å². The fraction of sp³-hybridized carbons (Fsp3) is 0.0588. The van der Waals surface area contributed by atoms with Gasteiger partial charge in [-0.05, 0) is 24.3 Å². The van der Waals surface area contributed by atoms with Gasteiger partial charge in [-0.2, -0.15) is 0 Å². The fourth-order valence-electron chi connectivity index (χ4n) is 2.18. The van der Waals surface area contributed by atoms with Crippen LogP contribution in [0.3, 0.4) is 0 Å². The zero-order valence-corrected chi connectivity index (χ0v) is 12.1. The molecule has 0 saturated carbocycles. The molecule has 6 heteroatoms. The number of phenolic OH excluding ortho intramolecular Hbond substituents is 1. The Morgan fingerprint density at radius 1 is 1.04 bits per heavy atom. The number of rotatable bonds is 3. The average molecular weight is 312 g/mol. The van der Waals surface area contributed by atoms with Gasteiger partial charge >= 0.3 is 11.6 Å². The van der Waals surface area contributed by atoms with Gasteiger partial charge in [0.1, 0.15) is 16.7 Å². The smallest absolute Gasteiger partial charge is 0.383 e. The highest BCUT2D eigenvalue weighted by Gasteiger charge is 2.22. The first kappa shape index (κ1) is 14.6. The van der Waals surface area contributed by atoms with Gasteiger partial charge in [0.05, 0.1) is 12.7 Å². The first-order valence-corrected chi connectivity index (χ1v) is 6.72. The van der Waals surface area contributed by atoms with Gasteiger partial charge in [0.2, 0.25) is 5.75 Å². The predicted molar refractivity (Wildman–Crippen MR) is 82.1 cm³/mol. The molecule has 0 radical (unpaired) electrons. The lowest BCUT2D eigenvalue weighted by molar-refractivity contribution is 0.0731. The third-order valence-corrected chi connectivity index (χ3v) is 3.23. The molecule has 0 atom stereocenters. The van der Waals surface area contributed by atoms with Crippen LogP contribution in [0.5, 0.6) is 17.2 Å². The molecule has 0 aliphatic heterocycles. The largest absolute Gasteiger partial charge is 0.507 e. The Balaban J connectivity index is 2.19. The van der Waals surface area contributed by atoms with Gasteiger partial charge in [0.25, 0.3) is 0 Å². The Morgan fingerprint density at radius 2 is 1.78 bits per heavy atom. The molecule has 0 aliphatic carbocycles. The van der Waals surface area contributed by atoms with E-state index in [2.05, 4.69) is 0 Å². The molecule has 0 bridgehead atoms. The third kappa shape index (κ3) is 2.62. The molecular formula is C17H12O6. The molecular weight excluding hydrogens is 300 g/mol. The highest BCUT2D eigenvalue weighted by molar-refractivity contribution is 5.97. The number of benzene rings is 2. The van der Waals surface area contributed by atoms with Crippen molar-refractivity contribution in [3.63, 3.8) is 0 Å². The van der Waals surface area contributed by atoms with E-state index in [1.165, 1.54) is 25.3 Å². The van der Waals surface area contributed by atoms with Gasteiger partial charge in [0.15, 0.2) is 5.75 Å². The second-order valence-electron chi connectivity index (χ2n) is 4.66. The number of hydrogen-bond donors (Lipinski definition) is 1. The molecule has 0 unspecified atom stereocenters. The highest BCUT2D eigenvalue weighted by atomic mass is 16.6. The Labute approximate surface area is 130 Å². The van der Waals surface area contributed by atoms with E-state index in [9.17, 15) is 14.7 Å². The van der Waals surface area contributed by atoms with E-state index in [0.29, 0.717) is 5.56 Å². The number of carbonyl (C=O) groups excluding carboxylic acids is 1. The fourth-order valence-corrected chi connectivity index (χ4v) is 2.18. The van der Waals surface area contributed by atoms with Crippen LogP contribution >= 0.6 is 0 Å². The van der Waals surface area contributed by atoms with E-state index >= 15 is 0 Å². The van der Waals surface area contributed by atoms with Gasteiger partial charge < -0.3 is 19.0 Å². The van der Waals surface area contributed by atoms with Crippen molar-refractivity contribution in [3.05, 3.63) is 64.5 Å². The molecule has 3 aromatic rings. The standard InChI is InChI=1S/C17H12O6/c1-21-15-14(23-16(19)10-6-3-2-4-7-10)13-11(18)8-5-9-12(13)22-17(15)20/h2-9,18H,1H3. The van der Waals surface area contributed by atoms with Gasteiger partial charge in [-0.15, -0.1) is 0 Å². The van der Waals surface area contributed by atoms with Crippen LogP contribution in [-0.2, 0) is 0 Å². The van der Waals surface area contributed by atoms with Gasteiger partial charge in [-0.3, -0.25) is 0 Å². The van der Waals surface area contributed by atoms with E-state index in [0.717, 1.165) is 0 Å². The van der Waals surface area contributed by atoms with Crippen molar-refractivity contribution >= 4 is 16.9 Å². The molecule has 0 spiro atoms. The molecule has 0 amide bonds.